The number of hydrogen-bond donors (Lipinski definition) is 1. The zero-order valence-corrected chi connectivity index (χ0v) is 14.4. The highest BCUT2D eigenvalue weighted by atomic mass is 19.4. The minimum absolute atomic E-state index is 0.165. The van der Waals surface area contributed by atoms with Crippen LogP contribution in [0, 0.1) is 23.2 Å². The van der Waals surface area contributed by atoms with Crippen LogP contribution in [0.1, 0.15) is 31.4 Å². The number of alkyl halides is 3. The van der Waals surface area contributed by atoms with Gasteiger partial charge in [0, 0.05) is 6.42 Å². The molecule has 3 fully saturated rings. The summed E-state index contributed by atoms with van der Waals surface area (Å²) in [5.74, 6) is -3.19. The normalized spacial score (nSPS) is 37.7. The lowest BCUT2D eigenvalue weighted by atomic mass is 9.67. The van der Waals surface area contributed by atoms with Crippen LogP contribution in [0.25, 0.3) is 0 Å². The van der Waals surface area contributed by atoms with Gasteiger partial charge < -0.3 is 9.84 Å². The van der Waals surface area contributed by atoms with Crippen molar-refractivity contribution in [2.45, 2.75) is 43.8 Å². The second-order valence-electron chi connectivity index (χ2n) is 7.63. The van der Waals surface area contributed by atoms with Gasteiger partial charge in [0.05, 0.1) is 46.4 Å². The molecular formula is C18H15F3N2O4. The number of carbonyl (C=O) groups excluding carboxylic acids is 2. The molecule has 0 radical (unpaired) electrons. The highest BCUT2D eigenvalue weighted by Crippen LogP contribution is 2.61. The topological polar surface area (TPSA) is 90.6 Å². The predicted octanol–water partition coefficient (Wildman–Crippen LogP) is 1.99. The number of aliphatic hydroxyl groups excluding tert-OH is 1. The first kappa shape index (κ1) is 17.9. The van der Waals surface area contributed by atoms with Crippen LogP contribution in [0.4, 0.5) is 18.9 Å². The molecule has 0 aliphatic carbocycles. The van der Waals surface area contributed by atoms with Crippen LogP contribution >= 0.6 is 0 Å². The van der Waals surface area contributed by atoms with Crippen molar-refractivity contribution in [1.82, 2.24) is 0 Å². The molecule has 2 amide bonds. The molecule has 0 spiro atoms. The molecule has 3 aliphatic heterocycles. The average Bonchev–Trinajstić information content (AvgIpc) is 3.07. The molecule has 27 heavy (non-hydrogen) atoms. The lowest BCUT2D eigenvalue weighted by molar-refractivity contribution is -0.138. The quantitative estimate of drug-likeness (QED) is 0.753. The maximum atomic E-state index is 13.2. The molecule has 2 bridgehead atoms. The molecule has 3 unspecified atom stereocenters. The van der Waals surface area contributed by atoms with Crippen LogP contribution < -0.4 is 4.90 Å². The number of hydrogen-bond acceptors (Lipinski definition) is 5. The van der Waals surface area contributed by atoms with Gasteiger partial charge in [0.2, 0.25) is 11.8 Å². The van der Waals surface area contributed by atoms with Crippen molar-refractivity contribution >= 4 is 17.5 Å². The number of rotatable bonds is 1. The molecule has 1 aromatic carbocycles. The van der Waals surface area contributed by atoms with Crippen molar-refractivity contribution in [3.8, 4) is 6.07 Å². The van der Waals surface area contributed by atoms with Gasteiger partial charge in [-0.25, -0.2) is 4.90 Å². The minimum atomic E-state index is -4.81. The Balaban J connectivity index is 1.81. The fourth-order valence-electron chi connectivity index (χ4n) is 4.78. The van der Waals surface area contributed by atoms with E-state index in [1.165, 1.54) is 6.07 Å². The molecule has 6 nitrogen and oxygen atoms in total. The Morgan fingerprint density at radius 1 is 1.26 bits per heavy atom. The predicted molar refractivity (Wildman–Crippen MR) is 84.2 cm³/mol. The first-order chi connectivity index (χ1) is 12.4. The van der Waals surface area contributed by atoms with E-state index in [-0.39, 0.29) is 12.1 Å². The molecule has 5 atom stereocenters. The summed E-state index contributed by atoms with van der Waals surface area (Å²) in [6.45, 7) is 3.17. The van der Waals surface area contributed by atoms with Gasteiger partial charge in [-0.1, -0.05) is 0 Å². The Bertz CT molecular complexity index is 924. The Morgan fingerprint density at radius 3 is 2.48 bits per heavy atom. The van der Waals surface area contributed by atoms with Crippen molar-refractivity contribution in [3.63, 3.8) is 0 Å². The van der Waals surface area contributed by atoms with Gasteiger partial charge in [-0.3, -0.25) is 9.59 Å². The summed E-state index contributed by atoms with van der Waals surface area (Å²) in [5, 5.41) is 19.2. The molecule has 3 aliphatic rings. The van der Waals surface area contributed by atoms with E-state index in [0.29, 0.717) is 6.07 Å². The third-order valence-electron chi connectivity index (χ3n) is 5.98. The van der Waals surface area contributed by atoms with Gasteiger partial charge in [0.15, 0.2) is 0 Å². The molecule has 3 heterocycles. The number of benzene rings is 1. The number of anilines is 1. The number of aliphatic hydroxyl groups is 1. The maximum absolute atomic E-state index is 13.2. The third-order valence-corrected chi connectivity index (χ3v) is 5.98. The lowest BCUT2D eigenvalue weighted by Gasteiger charge is -2.31. The van der Waals surface area contributed by atoms with E-state index in [9.17, 15) is 27.9 Å². The largest absolute Gasteiger partial charge is 0.417 e. The number of nitrogens with zero attached hydrogens (tertiary/aromatic N) is 2. The lowest BCUT2D eigenvalue weighted by Crippen LogP contribution is -2.49. The van der Waals surface area contributed by atoms with Gasteiger partial charge in [-0.15, -0.1) is 0 Å². The number of ether oxygens (including phenoxy) is 1. The van der Waals surface area contributed by atoms with E-state index >= 15 is 0 Å². The molecule has 0 aromatic heterocycles. The standard InChI is InChI=1S/C18H15F3N2O4/c1-16-6-11(24)17(2,27-16)13-12(16)14(25)23(15(13)26)9-4-3-8(7-22)10(5-9)18(19,20)21/h3-5,11-13,24H,6H2,1-2H3/t11-,12?,13+,16?,17?/m1/s1. The summed E-state index contributed by atoms with van der Waals surface area (Å²) in [4.78, 5) is 26.6. The maximum Gasteiger partial charge on any atom is 0.417 e. The van der Waals surface area contributed by atoms with Gasteiger partial charge in [0.1, 0.15) is 5.60 Å². The Hall–Kier alpha value is -2.44. The van der Waals surface area contributed by atoms with E-state index in [0.717, 1.165) is 17.0 Å². The monoisotopic (exact) mass is 380 g/mol. The van der Waals surface area contributed by atoms with Crippen molar-refractivity contribution < 1.29 is 32.6 Å². The molecule has 1 N–H and O–H groups in total. The number of fused-ring (bicyclic) bond motifs is 5. The first-order valence-corrected chi connectivity index (χ1v) is 8.31. The van der Waals surface area contributed by atoms with E-state index < -0.39 is 58.3 Å². The molecule has 4 rings (SSSR count). The second kappa shape index (κ2) is 5.09. The van der Waals surface area contributed by atoms with Crippen LogP contribution in [-0.2, 0) is 20.5 Å². The first-order valence-electron chi connectivity index (χ1n) is 8.31. The van der Waals surface area contributed by atoms with Crippen LogP contribution in [0.5, 0.6) is 0 Å². The molecule has 1 aromatic rings. The fraction of sp³-hybridized carbons (Fsp3) is 0.500. The molecule has 142 valence electrons. The molecule has 3 saturated heterocycles. The van der Waals surface area contributed by atoms with Crippen LogP contribution in [0.2, 0.25) is 0 Å². The Morgan fingerprint density at radius 2 is 1.89 bits per heavy atom. The second-order valence-corrected chi connectivity index (χ2v) is 7.63. The summed E-state index contributed by atoms with van der Waals surface area (Å²) < 4.78 is 45.6. The van der Waals surface area contributed by atoms with Gasteiger partial charge in [-0.2, -0.15) is 18.4 Å². The molecular weight excluding hydrogens is 365 g/mol. The third kappa shape index (κ3) is 2.14. The van der Waals surface area contributed by atoms with Gasteiger partial charge in [0.25, 0.3) is 0 Å². The highest BCUT2D eigenvalue weighted by Gasteiger charge is 2.75. The summed E-state index contributed by atoms with van der Waals surface area (Å²) in [5.41, 5.74) is -4.37. The van der Waals surface area contributed by atoms with Gasteiger partial charge >= 0.3 is 6.18 Å². The Kier molecular flexibility index (Phi) is 3.38. The summed E-state index contributed by atoms with van der Waals surface area (Å²) in [6.07, 6.45) is -5.59. The zero-order valence-electron chi connectivity index (χ0n) is 14.4. The van der Waals surface area contributed by atoms with E-state index in [1.807, 2.05) is 0 Å². The van der Waals surface area contributed by atoms with Crippen molar-refractivity contribution in [2.75, 3.05) is 4.90 Å². The van der Waals surface area contributed by atoms with Crippen molar-refractivity contribution in [3.05, 3.63) is 29.3 Å². The minimum Gasteiger partial charge on any atom is -0.390 e. The average molecular weight is 380 g/mol. The fourth-order valence-corrected chi connectivity index (χ4v) is 4.78. The molecule has 9 heteroatoms. The molecule has 0 saturated carbocycles. The van der Waals surface area contributed by atoms with E-state index in [1.54, 1.807) is 13.8 Å². The van der Waals surface area contributed by atoms with Crippen molar-refractivity contribution in [2.24, 2.45) is 11.8 Å². The van der Waals surface area contributed by atoms with Crippen LogP contribution in [-0.4, -0.2) is 34.2 Å². The van der Waals surface area contributed by atoms with Crippen LogP contribution in [0.3, 0.4) is 0 Å². The number of amides is 2. The summed E-state index contributed by atoms with van der Waals surface area (Å²) in [7, 11) is 0. The number of nitriles is 1. The summed E-state index contributed by atoms with van der Waals surface area (Å²) >= 11 is 0. The van der Waals surface area contributed by atoms with E-state index in [2.05, 4.69) is 0 Å². The number of imide groups is 1. The smallest absolute Gasteiger partial charge is 0.390 e. The van der Waals surface area contributed by atoms with Gasteiger partial charge in [-0.05, 0) is 32.0 Å². The summed E-state index contributed by atoms with van der Waals surface area (Å²) in [6, 6.07) is 4.19. The van der Waals surface area contributed by atoms with Crippen molar-refractivity contribution in [1.29, 1.82) is 5.26 Å². The number of halogens is 3. The van der Waals surface area contributed by atoms with Crippen LogP contribution in [0.15, 0.2) is 18.2 Å². The Labute approximate surface area is 152 Å². The highest BCUT2D eigenvalue weighted by molar-refractivity contribution is 6.23. The van der Waals surface area contributed by atoms with E-state index in [4.69, 9.17) is 10.00 Å². The SMILES string of the molecule is CC12C[C@@H](O)C(C)(O1)[C@@H]1C(=O)N(c3ccc(C#N)c(C(F)(F)F)c3)C(=O)C12. The number of carbonyl (C=O) groups is 2. The zero-order chi connectivity index (χ0) is 19.9.